The first kappa shape index (κ1) is 8.41. The quantitative estimate of drug-likeness (QED) is 0.597. The summed E-state index contributed by atoms with van der Waals surface area (Å²) in [6, 6.07) is 0. The summed E-state index contributed by atoms with van der Waals surface area (Å²) < 4.78 is 0. The third-order valence-electron chi connectivity index (χ3n) is 2.17. The summed E-state index contributed by atoms with van der Waals surface area (Å²) in [5, 5.41) is 3.42. The van der Waals surface area contributed by atoms with E-state index < -0.39 is 0 Å². The summed E-state index contributed by atoms with van der Waals surface area (Å²) >= 11 is 4.20. The predicted molar refractivity (Wildman–Crippen MR) is 48.7 cm³/mol. The van der Waals surface area contributed by atoms with E-state index >= 15 is 0 Å². The van der Waals surface area contributed by atoms with Gasteiger partial charge in [0.2, 0.25) is 0 Å². The molecule has 2 heteroatoms. The van der Waals surface area contributed by atoms with Crippen molar-refractivity contribution < 1.29 is 0 Å². The largest absolute Gasteiger partial charge is 0.316 e. The molecule has 1 fully saturated rings. The second-order valence-corrected chi connectivity index (χ2v) is 3.53. The lowest BCUT2D eigenvalue weighted by atomic mass is 9.95. The van der Waals surface area contributed by atoms with Crippen molar-refractivity contribution in [1.29, 1.82) is 0 Å². The average Bonchev–Trinajstić information content (AvgIpc) is 2.03. The molecule has 1 heterocycles. The maximum absolute atomic E-state index is 4.20. The lowest BCUT2D eigenvalue weighted by molar-refractivity contribution is 0.356. The van der Waals surface area contributed by atoms with Gasteiger partial charge >= 0.3 is 0 Å². The van der Waals surface area contributed by atoms with Crippen LogP contribution in [0.25, 0.3) is 0 Å². The topological polar surface area (TPSA) is 12.0 Å². The van der Waals surface area contributed by atoms with E-state index in [-0.39, 0.29) is 0 Å². The van der Waals surface area contributed by atoms with Crippen molar-refractivity contribution >= 4 is 12.6 Å². The summed E-state index contributed by atoms with van der Waals surface area (Å²) in [7, 11) is 0. The van der Waals surface area contributed by atoms with Crippen molar-refractivity contribution in [2.75, 3.05) is 18.8 Å². The third-order valence-corrected chi connectivity index (χ3v) is 2.49. The highest BCUT2D eigenvalue weighted by atomic mass is 32.1. The van der Waals surface area contributed by atoms with Crippen LogP contribution in [0.15, 0.2) is 0 Å². The summed E-state index contributed by atoms with van der Waals surface area (Å²) in [4.78, 5) is 0. The zero-order chi connectivity index (χ0) is 7.23. The molecule has 1 aliphatic rings. The van der Waals surface area contributed by atoms with Gasteiger partial charge in [-0.2, -0.15) is 12.6 Å². The van der Waals surface area contributed by atoms with Crippen LogP contribution in [0, 0.1) is 5.92 Å². The van der Waals surface area contributed by atoms with Crippen LogP contribution in [0.5, 0.6) is 0 Å². The van der Waals surface area contributed by atoms with E-state index in [2.05, 4.69) is 17.9 Å². The normalized spacial score (nSPS) is 26.7. The van der Waals surface area contributed by atoms with Crippen LogP contribution in [0.2, 0.25) is 0 Å². The molecule has 0 aliphatic carbocycles. The molecule has 0 spiro atoms. The zero-order valence-corrected chi connectivity index (χ0v) is 7.37. The van der Waals surface area contributed by atoms with Gasteiger partial charge in [-0.1, -0.05) is 0 Å². The van der Waals surface area contributed by atoms with Gasteiger partial charge in [0.15, 0.2) is 0 Å². The van der Waals surface area contributed by atoms with Gasteiger partial charge in [-0.15, -0.1) is 0 Å². The van der Waals surface area contributed by atoms with Crippen molar-refractivity contribution in [3.05, 3.63) is 0 Å². The van der Waals surface area contributed by atoms with Crippen molar-refractivity contribution in [2.24, 2.45) is 5.92 Å². The van der Waals surface area contributed by atoms with E-state index in [1.54, 1.807) is 0 Å². The smallest absolute Gasteiger partial charge is 0.00205 e. The van der Waals surface area contributed by atoms with E-state index in [0.29, 0.717) is 0 Å². The molecule has 1 aliphatic heterocycles. The fourth-order valence-electron chi connectivity index (χ4n) is 1.55. The van der Waals surface area contributed by atoms with Crippen molar-refractivity contribution in [3.8, 4) is 0 Å². The lowest BCUT2D eigenvalue weighted by Gasteiger charge is -2.22. The van der Waals surface area contributed by atoms with Crippen molar-refractivity contribution in [2.45, 2.75) is 25.7 Å². The predicted octanol–water partition coefficient (Wildman–Crippen LogP) is 1.70. The molecule has 60 valence electrons. The molecule has 1 N–H and O–H groups in total. The summed E-state index contributed by atoms with van der Waals surface area (Å²) in [5.74, 6) is 2.00. The van der Waals surface area contributed by atoms with Crippen LogP contribution >= 0.6 is 12.6 Å². The Kier molecular flexibility index (Phi) is 4.23. The Hall–Kier alpha value is 0.310. The molecule has 0 amide bonds. The highest BCUT2D eigenvalue weighted by Crippen LogP contribution is 2.15. The lowest BCUT2D eigenvalue weighted by Crippen LogP contribution is -2.29. The number of hydrogen-bond acceptors (Lipinski definition) is 2. The summed E-state index contributed by atoms with van der Waals surface area (Å²) in [6.07, 6.45) is 5.46. The molecule has 0 radical (unpaired) electrons. The molecule has 0 aromatic carbocycles. The average molecular weight is 159 g/mol. The van der Waals surface area contributed by atoms with Crippen LogP contribution in [0.4, 0.5) is 0 Å². The van der Waals surface area contributed by atoms with Crippen LogP contribution in [-0.2, 0) is 0 Å². The Balaban J connectivity index is 2.02. The maximum atomic E-state index is 4.20. The van der Waals surface area contributed by atoms with Crippen molar-refractivity contribution in [1.82, 2.24) is 5.32 Å². The third kappa shape index (κ3) is 2.93. The molecular formula is C8H17NS. The molecule has 10 heavy (non-hydrogen) atoms. The van der Waals surface area contributed by atoms with Crippen LogP contribution in [0.3, 0.4) is 0 Å². The van der Waals surface area contributed by atoms with E-state index in [4.69, 9.17) is 0 Å². The molecule has 1 atom stereocenters. The van der Waals surface area contributed by atoms with Gasteiger partial charge in [0.25, 0.3) is 0 Å². The van der Waals surface area contributed by atoms with E-state index in [1.165, 1.54) is 38.8 Å². The van der Waals surface area contributed by atoms with Gasteiger partial charge in [0, 0.05) is 0 Å². The number of rotatable bonds is 3. The number of nitrogens with one attached hydrogen (secondary N) is 1. The Morgan fingerprint density at radius 2 is 2.40 bits per heavy atom. The monoisotopic (exact) mass is 159 g/mol. The van der Waals surface area contributed by atoms with E-state index in [0.717, 1.165) is 11.7 Å². The zero-order valence-electron chi connectivity index (χ0n) is 6.47. The molecule has 1 nitrogen and oxygen atoms in total. The summed E-state index contributed by atoms with van der Waals surface area (Å²) in [5.41, 5.74) is 0. The SMILES string of the molecule is SCCC[C@H]1CCCNC1. The number of thiol groups is 1. The molecule has 0 aromatic rings. The first-order valence-corrected chi connectivity index (χ1v) is 4.88. The van der Waals surface area contributed by atoms with Gasteiger partial charge < -0.3 is 5.32 Å². The van der Waals surface area contributed by atoms with Crippen LogP contribution in [0.1, 0.15) is 25.7 Å². The highest BCUT2D eigenvalue weighted by molar-refractivity contribution is 7.80. The van der Waals surface area contributed by atoms with Gasteiger partial charge in [-0.25, -0.2) is 0 Å². The Morgan fingerprint density at radius 3 is 3.00 bits per heavy atom. The van der Waals surface area contributed by atoms with Crippen molar-refractivity contribution in [3.63, 3.8) is 0 Å². The highest BCUT2D eigenvalue weighted by Gasteiger charge is 2.11. The first-order chi connectivity index (χ1) is 4.93. The fraction of sp³-hybridized carbons (Fsp3) is 1.00. The Bertz CT molecular complexity index is 79.3. The second kappa shape index (κ2) is 5.03. The van der Waals surface area contributed by atoms with Gasteiger partial charge in [-0.3, -0.25) is 0 Å². The fourth-order valence-corrected chi connectivity index (χ4v) is 1.73. The van der Waals surface area contributed by atoms with Gasteiger partial charge in [-0.05, 0) is 50.4 Å². The van der Waals surface area contributed by atoms with Gasteiger partial charge in [0.05, 0.1) is 0 Å². The van der Waals surface area contributed by atoms with Crippen LogP contribution < -0.4 is 5.32 Å². The molecule has 1 saturated heterocycles. The van der Waals surface area contributed by atoms with E-state index in [9.17, 15) is 0 Å². The number of piperidine rings is 1. The first-order valence-electron chi connectivity index (χ1n) is 4.25. The minimum absolute atomic E-state index is 0.945. The summed E-state index contributed by atoms with van der Waals surface area (Å²) in [6.45, 7) is 2.48. The molecule has 1 rings (SSSR count). The van der Waals surface area contributed by atoms with Crippen LogP contribution in [-0.4, -0.2) is 18.8 Å². The number of hydrogen-bond donors (Lipinski definition) is 2. The molecule has 0 saturated carbocycles. The molecule has 0 aromatic heterocycles. The van der Waals surface area contributed by atoms with E-state index in [1.807, 2.05) is 0 Å². The standard InChI is InChI=1S/C8H17NS/c10-6-2-4-8-3-1-5-9-7-8/h8-10H,1-7H2/t8-/m1/s1. The Labute approximate surface area is 69.0 Å². The Morgan fingerprint density at radius 1 is 1.50 bits per heavy atom. The van der Waals surface area contributed by atoms with Gasteiger partial charge in [0.1, 0.15) is 0 Å². The maximum Gasteiger partial charge on any atom is -0.00205 e. The minimum Gasteiger partial charge on any atom is -0.316 e. The second-order valence-electron chi connectivity index (χ2n) is 3.08. The molecule has 0 unspecified atom stereocenters. The minimum atomic E-state index is 0.945. The molecule has 0 bridgehead atoms. The molecular weight excluding hydrogens is 142 g/mol.